The van der Waals surface area contributed by atoms with E-state index in [0.29, 0.717) is 25.6 Å². The highest BCUT2D eigenvalue weighted by Crippen LogP contribution is 2.18. The Bertz CT molecular complexity index is 731. The molecule has 0 aliphatic rings. The number of pyridine rings is 1. The largest absolute Gasteiger partial charge is 0.375 e. The molecule has 0 aliphatic carbocycles. The molecule has 23 heavy (non-hydrogen) atoms. The van der Waals surface area contributed by atoms with Gasteiger partial charge in [0.2, 0.25) is 0 Å². The molecule has 2 heterocycles. The van der Waals surface area contributed by atoms with Crippen molar-refractivity contribution in [1.29, 1.82) is 0 Å². The number of ether oxygens (including phenoxy) is 1. The molecular formula is C17H17ClN4O. The number of alkyl halides is 1. The van der Waals surface area contributed by atoms with Crippen LogP contribution < -0.4 is 0 Å². The second kappa shape index (κ2) is 7.85. The molecule has 5 nitrogen and oxygen atoms in total. The smallest absolute Gasteiger partial charge is 0.164 e. The van der Waals surface area contributed by atoms with E-state index >= 15 is 0 Å². The van der Waals surface area contributed by atoms with Crippen molar-refractivity contribution in [3.05, 3.63) is 66.2 Å². The van der Waals surface area contributed by atoms with Gasteiger partial charge in [0.1, 0.15) is 5.82 Å². The van der Waals surface area contributed by atoms with Crippen LogP contribution >= 0.6 is 11.6 Å². The Morgan fingerprint density at radius 1 is 1.00 bits per heavy atom. The Kier molecular flexibility index (Phi) is 5.34. The molecule has 2 aromatic heterocycles. The number of aromatic nitrogens is 4. The minimum Gasteiger partial charge on any atom is -0.375 e. The molecule has 0 N–H and O–H groups in total. The van der Waals surface area contributed by atoms with Crippen LogP contribution in [0.25, 0.3) is 11.4 Å². The number of benzene rings is 1. The van der Waals surface area contributed by atoms with Gasteiger partial charge in [0.25, 0.3) is 0 Å². The summed E-state index contributed by atoms with van der Waals surface area (Å²) >= 11 is 5.97. The molecule has 1 aromatic carbocycles. The number of hydrogen-bond donors (Lipinski definition) is 0. The van der Waals surface area contributed by atoms with Crippen molar-refractivity contribution >= 4 is 11.6 Å². The first kappa shape index (κ1) is 15.6. The number of rotatable bonds is 7. The van der Waals surface area contributed by atoms with E-state index in [9.17, 15) is 0 Å². The molecule has 6 heteroatoms. The summed E-state index contributed by atoms with van der Waals surface area (Å²) in [5.41, 5.74) is 2.12. The monoisotopic (exact) mass is 328 g/mol. The van der Waals surface area contributed by atoms with Crippen molar-refractivity contribution in [2.45, 2.75) is 19.0 Å². The molecule has 0 fully saturated rings. The fourth-order valence-electron chi connectivity index (χ4n) is 2.30. The summed E-state index contributed by atoms with van der Waals surface area (Å²) in [5, 5.41) is 8.39. The maximum absolute atomic E-state index is 5.97. The molecule has 0 bridgehead atoms. The lowest BCUT2D eigenvalue weighted by Crippen LogP contribution is -2.10. The van der Waals surface area contributed by atoms with Crippen LogP contribution in [0.5, 0.6) is 0 Å². The van der Waals surface area contributed by atoms with Crippen LogP contribution in [-0.2, 0) is 23.8 Å². The fourth-order valence-corrected chi connectivity index (χ4v) is 2.50. The quantitative estimate of drug-likeness (QED) is 0.493. The number of hydrogen-bond acceptors (Lipinski definition) is 4. The SMILES string of the molecule is ClCc1nnc(-c2ccncc2)n1CCOCc1ccccc1. The van der Waals surface area contributed by atoms with Gasteiger partial charge in [-0.15, -0.1) is 21.8 Å². The normalized spacial score (nSPS) is 10.8. The van der Waals surface area contributed by atoms with Crippen LogP contribution in [0.2, 0.25) is 0 Å². The third kappa shape index (κ3) is 3.94. The molecule has 3 aromatic rings. The topological polar surface area (TPSA) is 52.8 Å². The van der Waals surface area contributed by atoms with Gasteiger partial charge < -0.3 is 9.30 Å². The zero-order chi connectivity index (χ0) is 15.9. The van der Waals surface area contributed by atoms with Crippen molar-refractivity contribution < 1.29 is 4.74 Å². The molecule has 0 aliphatic heterocycles. The highest BCUT2D eigenvalue weighted by Gasteiger charge is 2.12. The minimum atomic E-state index is 0.316. The van der Waals surface area contributed by atoms with E-state index in [1.165, 1.54) is 0 Å². The average Bonchev–Trinajstić information content (AvgIpc) is 3.03. The Balaban J connectivity index is 1.66. The molecular weight excluding hydrogens is 312 g/mol. The third-order valence-electron chi connectivity index (χ3n) is 3.46. The Hall–Kier alpha value is -2.24. The standard InChI is InChI=1S/C17H17ClN4O/c18-12-16-20-21-17(15-6-8-19-9-7-15)22(16)10-11-23-13-14-4-2-1-3-5-14/h1-9H,10-13H2. The first-order valence-electron chi connectivity index (χ1n) is 7.38. The maximum atomic E-state index is 5.97. The molecule has 0 saturated carbocycles. The molecule has 0 unspecified atom stereocenters. The lowest BCUT2D eigenvalue weighted by atomic mass is 10.2. The van der Waals surface area contributed by atoms with E-state index in [1.807, 2.05) is 47.0 Å². The van der Waals surface area contributed by atoms with Gasteiger partial charge in [-0.05, 0) is 17.7 Å². The van der Waals surface area contributed by atoms with Crippen molar-refractivity contribution in [2.75, 3.05) is 6.61 Å². The highest BCUT2D eigenvalue weighted by molar-refractivity contribution is 6.16. The molecule has 0 spiro atoms. The number of nitrogens with zero attached hydrogens (tertiary/aromatic N) is 4. The Morgan fingerprint density at radius 2 is 1.78 bits per heavy atom. The van der Waals surface area contributed by atoms with Crippen molar-refractivity contribution in [2.24, 2.45) is 0 Å². The van der Waals surface area contributed by atoms with Gasteiger partial charge in [-0.2, -0.15) is 0 Å². The van der Waals surface area contributed by atoms with Crippen LogP contribution in [-0.4, -0.2) is 26.4 Å². The molecule has 118 valence electrons. The average molecular weight is 329 g/mol. The zero-order valence-corrected chi connectivity index (χ0v) is 13.4. The molecule has 0 amide bonds. The summed E-state index contributed by atoms with van der Waals surface area (Å²) in [6.07, 6.45) is 3.47. The Morgan fingerprint density at radius 3 is 2.52 bits per heavy atom. The second-order valence-electron chi connectivity index (χ2n) is 5.00. The molecule has 0 saturated heterocycles. The Labute approximate surface area is 139 Å². The maximum Gasteiger partial charge on any atom is 0.164 e. The first-order chi connectivity index (χ1) is 11.4. The van der Waals surface area contributed by atoms with Gasteiger partial charge in [-0.1, -0.05) is 30.3 Å². The van der Waals surface area contributed by atoms with Gasteiger partial charge in [0.05, 0.1) is 19.1 Å². The summed E-state index contributed by atoms with van der Waals surface area (Å²) < 4.78 is 7.74. The van der Waals surface area contributed by atoms with Crippen molar-refractivity contribution in [3.63, 3.8) is 0 Å². The fraction of sp³-hybridized carbons (Fsp3) is 0.235. The van der Waals surface area contributed by atoms with Gasteiger partial charge in [0, 0.05) is 24.5 Å². The summed E-state index contributed by atoms with van der Waals surface area (Å²) in [6, 6.07) is 13.9. The summed E-state index contributed by atoms with van der Waals surface area (Å²) in [7, 11) is 0. The lowest BCUT2D eigenvalue weighted by Gasteiger charge is -2.10. The first-order valence-corrected chi connectivity index (χ1v) is 7.92. The van der Waals surface area contributed by atoms with Crippen LogP contribution in [0.3, 0.4) is 0 Å². The third-order valence-corrected chi connectivity index (χ3v) is 3.70. The summed E-state index contributed by atoms with van der Waals surface area (Å²) in [5.74, 6) is 1.84. The van der Waals surface area contributed by atoms with Gasteiger partial charge in [0.15, 0.2) is 5.82 Å². The van der Waals surface area contributed by atoms with Crippen LogP contribution in [0.1, 0.15) is 11.4 Å². The van der Waals surface area contributed by atoms with E-state index in [0.717, 1.165) is 22.8 Å². The molecule has 3 rings (SSSR count). The molecule has 0 atom stereocenters. The lowest BCUT2D eigenvalue weighted by molar-refractivity contribution is 0.113. The van der Waals surface area contributed by atoms with Gasteiger partial charge >= 0.3 is 0 Å². The van der Waals surface area contributed by atoms with E-state index in [2.05, 4.69) is 15.2 Å². The van der Waals surface area contributed by atoms with Crippen LogP contribution in [0.15, 0.2) is 54.9 Å². The summed E-state index contributed by atoms with van der Waals surface area (Å²) in [6.45, 7) is 1.80. The van der Waals surface area contributed by atoms with Crippen molar-refractivity contribution in [1.82, 2.24) is 19.7 Å². The molecule has 0 radical (unpaired) electrons. The van der Waals surface area contributed by atoms with Crippen LogP contribution in [0.4, 0.5) is 0 Å². The van der Waals surface area contributed by atoms with E-state index in [-0.39, 0.29) is 0 Å². The zero-order valence-electron chi connectivity index (χ0n) is 12.6. The summed E-state index contributed by atoms with van der Waals surface area (Å²) in [4.78, 5) is 4.03. The van der Waals surface area contributed by atoms with Crippen LogP contribution in [0, 0.1) is 0 Å². The highest BCUT2D eigenvalue weighted by atomic mass is 35.5. The van der Waals surface area contributed by atoms with Gasteiger partial charge in [-0.25, -0.2) is 0 Å². The minimum absolute atomic E-state index is 0.316. The van der Waals surface area contributed by atoms with Gasteiger partial charge in [-0.3, -0.25) is 4.98 Å². The van der Waals surface area contributed by atoms with E-state index < -0.39 is 0 Å². The number of halogens is 1. The van der Waals surface area contributed by atoms with E-state index in [1.54, 1.807) is 12.4 Å². The second-order valence-corrected chi connectivity index (χ2v) is 5.27. The predicted molar refractivity (Wildman–Crippen MR) is 88.9 cm³/mol. The van der Waals surface area contributed by atoms with Crippen molar-refractivity contribution in [3.8, 4) is 11.4 Å². The van der Waals surface area contributed by atoms with E-state index in [4.69, 9.17) is 16.3 Å². The predicted octanol–water partition coefficient (Wildman–Crippen LogP) is 3.30.